The molecule has 0 spiro atoms. The SMILES string of the molecule is Fc1ccc(Cl)c(OC(F)(F)F)c1C(F)(F)F. The quantitative estimate of drug-likeness (QED) is 0.694. The zero-order valence-electron chi connectivity index (χ0n) is 7.59. The highest BCUT2D eigenvalue weighted by molar-refractivity contribution is 6.32. The first kappa shape index (κ1) is 13.9. The van der Waals surface area contributed by atoms with Crippen molar-refractivity contribution in [2.45, 2.75) is 12.5 Å². The van der Waals surface area contributed by atoms with Crippen molar-refractivity contribution in [1.82, 2.24) is 0 Å². The van der Waals surface area contributed by atoms with E-state index in [1.54, 1.807) is 0 Å². The average Bonchev–Trinajstić information content (AvgIpc) is 2.06. The van der Waals surface area contributed by atoms with Gasteiger partial charge in [-0.05, 0) is 12.1 Å². The minimum Gasteiger partial charge on any atom is -0.403 e. The van der Waals surface area contributed by atoms with Gasteiger partial charge in [0.15, 0.2) is 5.75 Å². The first-order valence-corrected chi connectivity index (χ1v) is 4.21. The standard InChI is InChI=1S/C8H2ClF7O/c9-3-1-2-4(10)5(7(11,12)13)6(3)17-8(14,15)16/h1-2H. The van der Waals surface area contributed by atoms with Crippen LogP contribution < -0.4 is 4.74 Å². The fraction of sp³-hybridized carbons (Fsp3) is 0.250. The third kappa shape index (κ3) is 3.39. The molecule has 9 heteroatoms. The molecule has 0 heterocycles. The Morgan fingerprint density at radius 3 is 1.94 bits per heavy atom. The van der Waals surface area contributed by atoms with Crippen LogP contribution in [0.1, 0.15) is 5.56 Å². The minimum atomic E-state index is -5.41. The molecule has 0 aliphatic carbocycles. The van der Waals surface area contributed by atoms with E-state index in [1.165, 1.54) is 0 Å². The molecule has 96 valence electrons. The van der Waals surface area contributed by atoms with Crippen molar-refractivity contribution in [2.24, 2.45) is 0 Å². The maximum Gasteiger partial charge on any atom is 0.573 e. The van der Waals surface area contributed by atoms with Crippen LogP contribution in [0.2, 0.25) is 5.02 Å². The highest BCUT2D eigenvalue weighted by atomic mass is 35.5. The number of hydrogen-bond donors (Lipinski definition) is 0. The normalized spacial score (nSPS) is 12.7. The van der Waals surface area contributed by atoms with Crippen molar-refractivity contribution in [3.8, 4) is 5.75 Å². The fourth-order valence-corrected chi connectivity index (χ4v) is 1.21. The molecule has 0 aliphatic heterocycles. The summed E-state index contributed by atoms with van der Waals surface area (Å²) in [6, 6.07) is 0.835. The van der Waals surface area contributed by atoms with Gasteiger partial charge in [-0.2, -0.15) is 13.2 Å². The Morgan fingerprint density at radius 2 is 1.53 bits per heavy atom. The lowest BCUT2D eigenvalue weighted by molar-refractivity contribution is -0.276. The zero-order valence-corrected chi connectivity index (χ0v) is 8.34. The van der Waals surface area contributed by atoms with Crippen molar-refractivity contribution in [3.05, 3.63) is 28.5 Å². The number of benzene rings is 1. The first-order valence-electron chi connectivity index (χ1n) is 3.83. The Kier molecular flexibility index (Phi) is 3.47. The molecule has 17 heavy (non-hydrogen) atoms. The van der Waals surface area contributed by atoms with Crippen LogP contribution in [0.15, 0.2) is 12.1 Å². The van der Waals surface area contributed by atoms with E-state index in [2.05, 4.69) is 4.74 Å². The summed E-state index contributed by atoms with van der Waals surface area (Å²) in [4.78, 5) is 0. The summed E-state index contributed by atoms with van der Waals surface area (Å²) in [5.41, 5.74) is -2.19. The molecule has 0 aromatic heterocycles. The largest absolute Gasteiger partial charge is 0.573 e. The Morgan fingerprint density at radius 1 is 1.00 bits per heavy atom. The summed E-state index contributed by atoms with van der Waals surface area (Å²) in [5.74, 6) is -3.70. The number of alkyl halides is 6. The topological polar surface area (TPSA) is 9.23 Å². The molecule has 0 saturated heterocycles. The van der Waals surface area contributed by atoms with Gasteiger partial charge < -0.3 is 4.74 Å². The van der Waals surface area contributed by atoms with Crippen LogP contribution in [0.4, 0.5) is 30.7 Å². The molecule has 0 bridgehead atoms. The van der Waals surface area contributed by atoms with Gasteiger partial charge in [0, 0.05) is 0 Å². The monoisotopic (exact) mass is 282 g/mol. The minimum absolute atomic E-state index is 0.300. The average molecular weight is 283 g/mol. The van der Waals surface area contributed by atoms with E-state index in [0.717, 1.165) is 0 Å². The van der Waals surface area contributed by atoms with Gasteiger partial charge in [-0.15, -0.1) is 13.2 Å². The van der Waals surface area contributed by atoms with Gasteiger partial charge in [-0.3, -0.25) is 0 Å². The fourth-order valence-electron chi connectivity index (χ4n) is 1.01. The second kappa shape index (κ2) is 4.25. The predicted molar refractivity (Wildman–Crippen MR) is 43.1 cm³/mol. The number of halogens is 8. The molecule has 1 rings (SSSR count). The Labute approximate surface area is 94.7 Å². The second-order valence-corrected chi connectivity index (χ2v) is 3.19. The second-order valence-electron chi connectivity index (χ2n) is 2.78. The van der Waals surface area contributed by atoms with Crippen LogP contribution in [-0.4, -0.2) is 6.36 Å². The maximum absolute atomic E-state index is 12.9. The van der Waals surface area contributed by atoms with E-state index < -0.39 is 34.7 Å². The lowest BCUT2D eigenvalue weighted by Crippen LogP contribution is -2.21. The Bertz CT molecular complexity index is 423. The first-order chi connectivity index (χ1) is 7.52. The molecule has 0 atom stereocenters. The van der Waals surface area contributed by atoms with Gasteiger partial charge in [0.2, 0.25) is 0 Å². The van der Waals surface area contributed by atoms with Gasteiger partial charge in [-0.1, -0.05) is 11.6 Å². The smallest absolute Gasteiger partial charge is 0.403 e. The number of hydrogen-bond acceptors (Lipinski definition) is 1. The summed E-state index contributed by atoms with van der Waals surface area (Å²) in [6.45, 7) is 0. The Hall–Kier alpha value is -1.18. The van der Waals surface area contributed by atoms with E-state index in [4.69, 9.17) is 11.6 Å². The summed E-state index contributed by atoms with van der Waals surface area (Å²) in [7, 11) is 0. The van der Waals surface area contributed by atoms with Gasteiger partial charge >= 0.3 is 12.5 Å². The van der Waals surface area contributed by atoms with E-state index >= 15 is 0 Å². The van der Waals surface area contributed by atoms with E-state index in [9.17, 15) is 30.7 Å². The molecule has 1 nitrogen and oxygen atoms in total. The zero-order chi connectivity index (χ0) is 13.4. The van der Waals surface area contributed by atoms with Crippen molar-refractivity contribution < 1.29 is 35.5 Å². The van der Waals surface area contributed by atoms with Gasteiger partial charge in [0.1, 0.15) is 11.4 Å². The molecule has 1 aromatic rings. The molecule has 0 N–H and O–H groups in total. The van der Waals surface area contributed by atoms with E-state index in [1.807, 2.05) is 0 Å². The highest BCUT2D eigenvalue weighted by Gasteiger charge is 2.43. The highest BCUT2D eigenvalue weighted by Crippen LogP contribution is 2.43. The summed E-state index contributed by atoms with van der Waals surface area (Å²) >= 11 is 5.12. The van der Waals surface area contributed by atoms with Crippen LogP contribution in [-0.2, 0) is 6.18 Å². The molecular weight excluding hydrogens is 281 g/mol. The summed E-state index contributed by atoms with van der Waals surface area (Å²) in [6.07, 6.45) is -10.8. The maximum atomic E-state index is 12.9. The molecule has 1 aromatic carbocycles. The molecule has 0 radical (unpaired) electrons. The predicted octanol–water partition coefficient (Wildman–Crippen LogP) is 4.40. The number of rotatable bonds is 1. The van der Waals surface area contributed by atoms with Crippen LogP contribution in [0.5, 0.6) is 5.75 Å². The summed E-state index contributed by atoms with van der Waals surface area (Å²) in [5, 5.41) is -0.990. The molecular formula is C8H2ClF7O. The molecule has 0 amide bonds. The van der Waals surface area contributed by atoms with Gasteiger partial charge in [-0.25, -0.2) is 4.39 Å². The molecule has 0 saturated carbocycles. The van der Waals surface area contributed by atoms with Crippen LogP contribution in [0, 0.1) is 5.82 Å². The van der Waals surface area contributed by atoms with E-state index in [-0.39, 0.29) is 0 Å². The van der Waals surface area contributed by atoms with E-state index in [0.29, 0.717) is 12.1 Å². The van der Waals surface area contributed by atoms with Crippen molar-refractivity contribution in [1.29, 1.82) is 0 Å². The van der Waals surface area contributed by atoms with Crippen molar-refractivity contribution in [3.63, 3.8) is 0 Å². The number of ether oxygens (including phenoxy) is 1. The molecule has 0 aliphatic rings. The summed E-state index contributed by atoms with van der Waals surface area (Å²) < 4.78 is 88.5. The van der Waals surface area contributed by atoms with Crippen LogP contribution >= 0.6 is 11.6 Å². The third-order valence-corrected chi connectivity index (χ3v) is 1.86. The van der Waals surface area contributed by atoms with Gasteiger partial charge in [0.05, 0.1) is 5.02 Å². The van der Waals surface area contributed by atoms with Crippen LogP contribution in [0.3, 0.4) is 0 Å². The van der Waals surface area contributed by atoms with Crippen molar-refractivity contribution in [2.75, 3.05) is 0 Å². The molecule has 0 unspecified atom stereocenters. The Balaban J connectivity index is 3.41. The van der Waals surface area contributed by atoms with Gasteiger partial charge in [0.25, 0.3) is 0 Å². The van der Waals surface area contributed by atoms with Crippen LogP contribution in [0.25, 0.3) is 0 Å². The third-order valence-electron chi connectivity index (χ3n) is 1.56. The molecule has 0 fully saturated rings. The van der Waals surface area contributed by atoms with Crippen molar-refractivity contribution >= 4 is 11.6 Å². The lowest BCUT2D eigenvalue weighted by Gasteiger charge is -2.16. The lowest BCUT2D eigenvalue weighted by atomic mass is 10.2.